The van der Waals surface area contributed by atoms with E-state index in [2.05, 4.69) is 21.4 Å². The SMILES string of the molecule is CC1(C)Cc2cc(C=CC(=O)N3CCC/C(=C\c4cscn4)CC3)cnc2NC1=O. The smallest absolute Gasteiger partial charge is 0.246 e. The highest BCUT2D eigenvalue weighted by Crippen LogP contribution is 2.32. The van der Waals surface area contributed by atoms with Gasteiger partial charge >= 0.3 is 0 Å². The van der Waals surface area contributed by atoms with Crippen LogP contribution in [0.1, 0.15) is 49.9 Å². The Balaban J connectivity index is 1.40. The first kappa shape index (κ1) is 20.5. The number of fused-ring (bicyclic) bond motifs is 1. The van der Waals surface area contributed by atoms with Crippen LogP contribution in [0.2, 0.25) is 0 Å². The first-order chi connectivity index (χ1) is 14.4. The van der Waals surface area contributed by atoms with E-state index in [1.54, 1.807) is 23.6 Å². The third kappa shape index (κ3) is 4.67. The van der Waals surface area contributed by atoms with E-state index in [9.17, 15) is 9.59 Å². The van der Waals surface area contributed by atoms with Gasteiger partial charge in [0.05, 0.1) is 11.2 Å². The number of hydrogen-bond donors (Lipinski definition) is 1. The molecular weight excluding hydrogens is 396 g/mol. The zero-order chi connectivity index (χ0) is 21.1. The van der Waals surface area contributed by atoms with Crippen molar-refractivity contribution in [3.8, 4) is 0 Å². The topological polar surface area (TPSA) is 75.2 Å². The van der Waals surface area contributed by atoms with Crippen molar-refractivity contribution < 1.29 is 9.59 Å². The zero-order valence-corrected chi connectivity index (χ0v) is 18.2. The van der Waals surface area contributed by atoms with Gasteiger partial charge in [0.2, 0.25) is 11.8 Å². The first-order valence-corrected chi connectivity index (χ1v) is 11.2. The fraction of sp³-hybridized carbons (Fsp3) is 0.391. The van der Waals surface area contributed by atoms with Crippen molar-refractivity contribution >= 4 is 41.1 Å². The molecular formula is C23H26N4O2S. The number of nitrogens with one attached hydrogen (secondary N) is 1. The van der Waals surface area contributed by atoms with Crippen molar-refractivity contribution in [1.29, 1.82) is 0 Å². The normalized spacial score (nSPS) is 20.1. The lowest BCUT2D eigenvalue weighted by molar-refractivity contribution is -0.126. The summed E-state index contributed by atoms with van der Waals surface area (Å²) in [6.45, 7) is 5.34. The van der Waals surface area contributed by atoms with Crippen LogP contribution in [-0.4, -0.2) is 39.8 Å². The van der Waals surface area contributed by atoms with Crippen LogP contribution < -0.4 is 5.32 Å². The second-order valence-corrected chi connectivity index (χ2v) is 9.24. The molecule has 0 aromatic carbocycles. The number of pyridine rings is 1. The van der Waals surface area contributed by atoms with E-state index in [1.807, 2.05) is 41.8 Å². The molecule has 0 spiro atoms. The van der Waals surface area contributed by atoms with Crippen molar-refractivity contribution in [1.82, 2.24) is 14.9 Å². The molecule has 0 atom stereocenters. The molecule has 6 nitrogen and oxygen atoms in total. The molecule has 0 radical (unpaired) electrons. The lowest BCUT2D eigenvalue weighted by atomic mass is 9.82. The van der Waals surface area contributed by atoms with Gasteiger partial charge in [-0.05, 0) is 55.0 Å². The summed E-state index contributed by atoms with van der Waals surface area (Å²) in [5, 5.41) is 4.91. The van der Waals surface area contributed by atoms with Crippen LogP contribution in [0.4, 0.5) is 5.82 Å². The van der Waals surface area contributed by atoms with E-state index in [0.717, 1.165) is 49.2 Å². The minimum atomic E-state index is -0.456. The van der Waals surface area contributed by atoms with Crippen molar-refractivity contribution in [2.45, 2.75) is 39.5 Å². The van der Waals surface area contributed by atoms with E-state index in [0.29, 0.717) is 12.2 Å². The Hall–Kier alpha value is -2.80. The van der Waals surface area contributed by atoms with Crippen LogP contribution in [0.5, 0.6) is 0 Å². The highest BCUT2D eigenvalue weighted by molar-refractivity contribution is 7.07. The number of amides is 2. The molecule has 30 heavy (non-hydrogen) atoms. The van der Waals surface area contributed by atoms with Gasteiger partial charge in [-0.2, -0.15) is 0 Å². The lowest BCUT2D eigenvalue weighted by Crippen LogP contribution is -2.37. The number of carbonyl (C=O) groups excluding carboxylic acids is 2. The molecule has 1 fully saturated rings. The second kappa shape index (κ2) is 8.52. The lowest BCUT2D eigenvalue weighted by Gasteiger charge is -2.29. The molecule has 2 aliphatic rings. The van der Waals surface area contributed by atoms with Crippen LogP contribution >= 0.6 is 11.3 Å². The number of carbonyl (C=O) groups is 2. The maximum atomic E-state index is 12.7. The van der Waals surface area contributed by atoms with Gasteiger partial charge in [0.1, 0.15) is 5.82 Å². The number of aromatic nitrogens is 2. The number of thiazole rings is 1. The van der Waals surface area contributed by atoms with Crippen molar-refractivity contribution in [2.75, 3.05) is 18.4 Å². The predicted octanol–water partition coefficient (Wildman–Crippen LogP) is 4.17. The monoisotopic (exact) mass is 422 g/mol. The minimum Gasteiger partial charge on any atom is -0.339 e. The summed E-state index contributed by atoms with van der Waals surface area (Å²) < 4.78 is 0. The van der Waals surface area contributed by atoms with E-state index in [4.69, 9.17) is 0 Å². The maximum Gasteiger partial charge on any atom is 0.246 e. The fourth-order valence-electron chi connectivity index (χ4n) is 3.85. The molecule has 0 bridgehead atoms. The number of hydrogen-bond acceptors (Lipinski definition) is 5. The second-order valence-electron chi connectivity index (χ2n) is 8.52. The van der Waals surface area contributed by atoms with Gasteiger partial charge in [-0.3, -0.25) is 9.59 Å². The summed E-state index contributed by atoms with van der Waals surface area (Å²) in [7, 11) is 0. The van der Waals surface area contributed by atoms with Gasteiger partial charge in [-0.25, -0.2) is 9.97 Å². The molecule has 4 heterocycles. The molecule has 0 aliphatic carbocycles. The molecule has 1 N–H and O–H groups in total. The van der Waals surface area contributed by atoms with Gasteiger partial charge in [-0.1, -0.05) is 19.4 Å². The minimum absolute atomic E-state index is 0.00895. The Morgan fingerprint density at radius 1 is 1.27 bits per heavy atom. The zero-order valence-electron chi connectivity index (χ0n) is 17.4. The molecule has 0 saturated carbocycles. The molecule has 7 heteroatoms. The highest BCUT2D eigenvalue weighted by atomic mass is 32.1. The van der Waals surface area contributed by atoms with Gasteiger partial charge in [0.15, 0.2) is 0 Å². The van der Waals surface area contributed by atoms with E-state index in [1.165, 1.54) is 5.57 Å². The molecule has 2 aromatic rings. The summed E-state index contributed by atoms with van der Waals surface area (Å²) in [5.74, 6) is 0.636. The Morgan fingerprint density at radius 3 is 2.93 bits per heavy atom. The van der Waals surface area contributed by atoms with E-state index >= 15 is 0 Å². The molecule has 156 valence electrons. The Bertz CT molecular complexity index is 1010. The van der Waals surface area contributed by atoms with Crippen LogP contribution in [0.25, 0.3) is 12.2 Å². The van der Waals surface area contributed by atoms with Crippen molar-refractivity contribution in [3.05, 3.63) is 51.6 Å². The van der Waals surface area contributed by atoms with Gasteiger partial charge in [-0.15, -0.1) is 11.3 Å². The quantitative estimate of drug-likeness (QED) is 0.754. The number of likely N-dealkylation sites (tertiary alicyclic amines) is 1. The first-order valence-electron chi connectivity index (χ1n) is 10.3. The molecule has 1 saturated heterocycles. The Kier molecular flexibility index (Phi) is 5.81. The fourth-order valence-corrected chi connectivity index (χ4v) is 4.36. The number of nitrogens with zero attached hydrogens (tertiary/aromatic N) is 3. The summed E-state index contributed by atoms with van der Waals surface area (Å²) in [5.41, 5.74) is 5.61. The summed E-state index contributed by atoms with van der Waals surface area (Å²) >= 11 is 1.60. The molecule has 2 amide bonds. The molecule has 2 aliphatic heterocycles. The van der Waals surface area contributed by atoms with E-state index < -0.39 is 5.41 Å². The maximum absolute atomic E-state index is 12.7. The third-order valence-corrected chi connectivity index (χ3v) is 6.23. The summed E-state index contributed by atoms with van der Waals surface area (Å²) in [6, 6.07) is 2.00. The van der Waals surface area contributed by atoms with Crippen molar-refractivity contribution in [2.24, 2.45) is 5.41 Å². The Labute approximate surface area is 180 Å². The Morgan fingerprint density at radius 2 is 2.13 bits per heavy atom. The largest absolute Gasteiger partial charge is 0.339 e. The van der Waals surface area contributed by atoms with Crippen LogP contribution in [-0.2, 0) is 16.0 Å². The molecule has 0 unspecified atom stereocenters. The number of rotatable bonds is 3. The van der Waals surface area contributed by atoms with Crippen LogP contribution in [0.3, 0.4) is 0 Å². The van der Waals surface area contributed by atoms with Crippen LogP contribution in [0.15, 0.2) is 34.8 Å². The summed E-state index contributed by atoms with van der Waals surface area (Å²) in [4.78, 5) is 35.4. The van der Waals surface area contributed by atoms with Crippen LogP contribution in [0, 0.1) is 5.41 Å². The molecule has 4 rings (SSSR count). The summed E-state index contributed by atoms with van der Waals surface area (Å²) in [6.07, 6.45) is 10.8. The van der Waals surface area contributed by atoms with E-state index in [-0.39, 0.29) is 11.8 Å². The average Bonchev–Trinajstić information content (AvgIpc) is 3.11. The third-order valence-electron chi connectivity index (χ3n) is 5.63. The standard InChI is InChI=1S/C23H26N4O2S/c1-23(2)12-18-10-17(13-24-21(18)26-22(23)29)5-6-20(28)27-8-3-4-16(7-9-27)11-19-14-30-15-25-19/h5-6,10-11,13-15H,3-4,7-9,12H2,1-2H3,(H,24,26,29)/b6-5?,16-11+. The van der Waals surface area contributed by atoms with Gasteiger partial charge < -0.3 is 10.2 Å². The molecule has 2 aromatic heterocycles. The highest BCUT2D eigenvalue weighted by Gasteiger charge is 2.34. The van der Waals surface area contributed by atoms with Gasteiger partial charge in [0, 0.05) is 36.2 Å². The number of anilines is 1. The average molecular weight is 423 g/mol. The van der Waals surface area contributed by atoms with Gasteiger partial charge in [0.25, 0.3) is 0 Å². The van der Waals surface area contributed by atoms with Crippen molar-refractivity contribution in [3.63, 3.8) is 0 Å². The predicted molar refractivity (Wildman–Crippen MR) is 120 cm³/mol.